The summed E-state index contributed by atoms with van der Waals surface area (Å²) in [6.07, 6.45) is -3.45. The van der Waals surface area contributed by atoms with Crippen molar-refractivity contribution in [3.05, 3.63) is 42.2 Å². The SMILES string of the molecule is CC(=O)N[C@H]1[C@H]([C@H](O)[C@H](O)CO)OC(C(=O)O)=C[C@@H]1NC(=S)Nc1ccccc1. The molecule has 29 heavy (non-hydrogen) atoms. The molecule has 1 aliphatic rings. The van der Waals surface area contributed by atoms with E-state index in [0.717, 1.165) is 0 Å². The maximum Gasteiger partial charge on any atom is 0.370 e. The van der Waals surface area contributed by atoms with Gasteiger partial charge in [0.15, 0.2) is 5.11 Å². The van der Waals surface area contributed by atoms with Gasteiger partial charge in [0.2, 0.25) is 11.7 Å². The lowest BCUT2D eigenvalue weighted by atomic mass is 9.92. The van der Waals surface area contributed by atoms with Gasteiger partial charge in [0.05, 0.1) is 18.7 Å². The van der Waals surface area contributed by atoms with Crippen molar-refractivity contribution in [2.75, 3.05) is 11.9 Å². The molecule has 11 heteroatoms. The first kappa shape index (κ1) is 22.6. The third kappa shape index (κ3) is 6.12. The van der Waals surface area contributed by atoms with Crippen LogP contribution in [0.25, 0.3) is 0 Å². The Morgan fingerprint density at radius 2 is 1.86 bits per heavy atom. The summed E-state index contributed by atoms with van der Waals surface area (Å²) in [7, 11) is 0. The first-order valence-corrected chi connectivity index (χ1v) is 9.12. The molecule has 0 saturated carbocycles. The van der Waals surface area contributed by atoms with Gasteiger partial charge in [-0.25, -0.2) is 4.79 Å². The summed E-state index contributed by atoms with van der Waals surface area (Å²) in [4.78, 5) is 23.1. The lowest BCUT2D eigenvalue weighted by Gasteiger charge is -2.40. The Bertz CT molecular complexity index is 774. The Labute approximate surface area is 172 Å². The van der Waals surface area contributed by atoms with Crippen molar-refractivity contribution in [2.45, 2.75) is 37.3 Å². The van der Waals surface area contributed by atoms with E-state index < -0.39 is 54.6 Å². The molecular weight excluding hydrogens is 402 g/mol. The molecule has 0 unspecified atom stereocenters. The van der Waals surface area contributed by atoms with Crippen molar-refractivity contribution in [3.8, 4) is 0 Å². The fourth-order valence-corrected chi connectivity index (χ4v) is 3.09. The fourth-order valence-electron chi connectivity index (χ4n) is 2.84. The summed E-state index contributed by atoms with van der Waals surface area (Å²) in [5.41, 5.74) is 0.683. The molecule has 0 saturated heterocycles. The van der Waals surface area contributed by atoms with Crippen LogP contribution in [0, 0.1) is 0 Å². The molecule has 7 N–H and O–H groups in total. The van der Waals surface area contributed by atoms with Crippen molar-refractivity contribution in [1.82, 2.24) is 10.6 Å². The maximum absolute atomic E-state index is 11.7. The Hall–Kier alpha value is -2.73. The van der Waals surface area contributed by atoms with Crippen LogP contribution in [-0.2, 0) is 14.3 Å². The van der Waals surface area contributed by atoms with Gasteiger partial charge in [-0.2, -0.15) is 0 Å². The summed E-state index contributed by atoms with van der Waals surface area (Å²) < 4.78 is 5.30. The van der Waals surface area contributed by atoms with E-state index in [1.165, 1.54) is 13.0 Å². The second kappa shape index (κ2) is 10.2. The normalized spacial score (nSPS) is 23.0. The topological polar surface area (TPSA) is 160 Å². The van der Waals surface area contributed by atoms with Crippen LogP contribution in [0.5, 0.6) is 0 Å². The molecule has 2 rings (SSSR count). The number of amides is 1. The number of aliphatic carboxylic acids is 1. The Morgan fingerprint density at radius 3 is 2.41 bits per heavy atom. The zero-order chi connectivity index (χ0) is 21.6. The van der Waals surface area contributed by atoms with Crippen LogP contribution in [0.15, 0.2) is 42.2 Å². The minimum Gasteiger partial charge on any atom is -0.478 e. The third-order valence-electron chi connectivity index (χ3n) is 4.16. The minimum absolute atomic E-state index is 0.135. The first-order chi connectivity index (χ1) is 13.7. The number of para-hydroxylation sites is 1. The largest absolute Gasteiger partial charge is 0.478 e. The monoisotopic (exact) mass is 425 g/mol. The van der Waals surface area contributed by atoms with E-state index >= 15 is 0 Å². The predicted octanol–water partition coefficient (Wildman–Crippen LogP) is -1.07. The molecule has 0 spiro atoms. The molecule has 158 valence electrons. The summed E-state index contributed by atoms with van der Waals surface area (Å²) >= 11 is 5.26. The quantitative estimate of drug-likeness (QED) is 0.268. The number of carboxylic acid groups (broad SMARTS) is 1. The molecule has 0 aliphatic carbocycles. The zero-order valence-electron chi connectivity index (χ0n) is 15.5. The van der Waals surface area contributed by atoms with Crippen LogP contribution < -0.4 is 16.0 Å². The zero-order valence-corrected chi connectivity index (χ0v) is 16.3. The fraction of sp³-hybridized carbons (Fsp3) is 0.389. The number of ether oxygens (including phenoxy) is 1. The number of hydrogen-bond donors (Lipinski definition) is 7. The standard InChI is InChI=1S/C18H23N3O7S/c1-9(23)19-14-11(21-18(29)20-10-5-3-2-4-6-10)7-13(17(26)27)28-16(14)15(25)12(24)8-22/h2-7,11-12,14-16,22,24-25H,8H2,1H3,(H,19,23)(H,26,27)(H2,20,21,29)/t11-,12+,14+,15+,16+/m0/s1. The number of rotatable bonds is 7. The number of aliphatic hydroxyl groups excluding tert-OH is 3. The van der Waals surface area contributed by atoms with Gasteiger partial charge < -0.3 is 41.1 Å². The van der Waals surface area contributed by atoms with Crippen molar-refractivity contribution in [1.29, 1.82) is 0 Å². The molecule has 1 aromatic carbocycles. The van der Waals surface area contributed by atoms with Crippen LogP contribution in [0.1, 0.15) is 6.92 Å². The second-order valence-electron chi connectivity index (χ2n) is 6.38. The number of carbonyl (C=O) groups excluding carboxylic acids is 1. The summed E-state index contributed by atoms with van der Waals surface area (Å²) in [5.74, 6) is -2.38. The third-order valence-corrected chi connectivity index (χ3v) is 4.38. The molecule has 0 fully saturated rings. The van der Waals surface area contributed by atoms with E-state index in [2.05, 4.69) is 16.0 Å². The highest BCUT2D eigenvalue weighted by molar-refractivity contribution is 7.80. The van der Waals surface area contributed by atoms with E-state index in [0.29, 0.717) is 5.69 Å². The van der Waals surface area contributed by atoms with Gasteiger partial charge in [-0.15, -0.1) is 0 Å². The molecule has 1 aromatic rings. The van der Waals surface area contributed by atoms with Crippen molar-refractivity contribution >= 4 is 34.9 Å². The molecule has 0 aromatic heterocycles. The van der Waals surface area contributed by atoms with Crippen molar-refractivity contribution < 1.29 is 34.8 Å². The van der Waals surface area contributed by atoms with Crippen LogP contribution in [0.4, 0.5) is 5.69 Å². The number of hydrogen-bond acceptors (Lipinski definition) is 7. The van der Waals surface area contributed by atoms with Gasteiger partial charge >= 0.3 is 5.97 Å². The number of nitrogens with one attached hydrogen (secondary N) is 3. The van der Waals surface area contributed by atoms with Crippen LogP contribution >= 0.6 is 12.2 Å². The number of carbonyl (C=O) groups is 2. The number of benzene rings is 1. The second-order valence-corrected chi connectivity index (χ2v) is 6.78. The van der Waals surface area contributed by atoms with Crippen molar-refractivity contribution in [2.24, 2.45) is 0 Å². The van der Waals surface area contributed by atoms with Gasteiger partial charge in [-0.3, -0.25) is 4.79 Å². The van der Waals surface area contributed by atoms with E-state index in [1.54, 1.807) is 24.3 Å². The maximum atomic E-state index is 11.7. The average Bonchev–Trinajstić information content (AvgIpc) is 2.68. The number of aliphatic hydroxyl groups is 3. The van der Waals surface area contributed by atoms with Gasteiger partial charge in [0.25, 0.3) is 0 Å². The van der Waals surface area contributed by atoms with Crippen LogP contribution in [-0.4, -0.2) is 74.4 Å². The van der Waals surface area contributed by atoms with E-state index in [1.807, 2.05) is 6.07 Å². The van der Waals surface area contributed by atoms with Crippen molar-refractivity contribution in [3.63, 3.8) is 0 Å². The Morgan fingerprint density at radius 1 is 1.21 bits per heavy atom. The molecule has 1 amide bonds. The van der Waals surface area contributed by atoms with Gasteiger partial charge in [-0.05, 0) is 30.4 Å². The summed E-state index contributed by atoms with van der Waals surface area (Å²) in [5, 5.41) is 47.1. The number of anilines is 1. The minimum atomic E-state index is -1.68. The van der Waals surface area contributed by atoms with Crippen LogP contribution in [0.3, 0.4) is 0 Å². The Kier molecular flexibility index (Phi) is 7.91. The molecule has 0 radical (unpaired) electrons. The number of thiocarbonyl (C=S) groups is 1. The van der Waals surface area contributed by atoms with E-state index in [9.17, 15) is 24.9 Å². The Balaban J connectivity index is 2.30. The molecule has 1 aliphatic heterocycles. The molecular formula is C18H23N3O7S. The molecule has 0 bridgehead atoms. The smallest absolute Gasteiger partial charge is 0.370 e. The van der Waals surface area contributed by atoms with Gasteiger partial charge in [-0.1, -0.05) is 18.2 Å². The lowest BCUT2D eigenvalue weighted by molar-refractivity contribution is -0.146. The highest BCUT2D eigenvalue weighted by Crippen LogP contribution is 2.23. The summed E-state index contributed by atoms with van der Waals surface area (Å²) in [6.45, 7) is 0.450. The van der Waals surface area contributed by atoms with Crippen LogP contribution in [0.2, 0.25) is 0 Å². The number of carboxylic acids is 1. The lowest BCUT2D eigenvalue weighted by Crippen LogP contribution is -2.63. The van der Waals surface area contributed by atoms with E-state index in [-0.39, 0.29) is 5.11 Å². The highest BCUT2D eigenvalue weighted by atomic mass is 32.1. The molecule has 1 heterocycles. The van der Waals surface area contributed by atoms with E-state index in [4.69, 9.17) is 22.1 Å². The molecule has 10 nitrogen and oxygen atoms in total. The highest BCUT2D eigenvalue weighted by Gasteiger charge is 2.43. The predicted molar refractivity (Wildman–Crippen MR) is 107 cm³/mol. The average molecular weight is 425 g/mol. The first-order valence-electron chi connectivity index (χ1n) is 8.71. The molecule has 5 atom stereocenters. The van der Waals surface area contributed by atoms with Gasteiger partial charge in [0.1, 0.15) is 18.3 Å². The summed E-state index contributed by atoms with van der Waals surface area (Å²) in [6, 6.07) is 7.07. The van der Waals surface area contributed by atoms with Gasteiger partial charge in [0, 0.05) is 12.6 Å².